The van der Waals surface area contributed by atoms with E-state index in [-0.39, 0.29) is 17.7 Å². The highest BCUT2D eigenvalue weighted by atomic mass is 19.1. The molecule has 0 radical (unpaired) electrons. The van der Waals surface area contributed by atoms with Crippen molar-refractivity contribution >= 4 is 11.7 Å². The average molecular weight is 388 g/mol. The largest absolute Gasteiger partial charge is 0.369 e. The topological polar surface area (TPSA) is 38.8 Å². The number of nitrogens with zero attached hydrogens (tertiary/aromatic N) is 3. The average Bonchev–Trinajstić information content (AvgIpc) is 2.69. The van der Waals surface area contributed by atoms with Gasteiger partial charge in [-0.1, -0.05) is 12.1 Å². The molecule has 1 fully saturated rings. The molecule has 2 aromatic carbocycles. The first-order valence-electron chi connectivity index (χ1n) is 9.47. The van der Waals surface area contributed by atoms with Crippen molar-refractivity contribution in [2.75, 3.05) is 51.2 Å². The number of amides is 2. The summed E-state index contributed by atoms with van der Waals surface area (Å²) in [6.07, 6.45) is 0. The highest BCUT2D eigenvalue weighted by Crippen LogP contribution is 2.16. The number of benzene rings is 2. The van der Waals surface area contributed by atoms with Crippen LogP contribution >= 0.6 is 0 Å². The van der Waals surface area contributed by atoms with Crippen molar-refractivity contribution in [3.63, 3.8) is 0 Å². The lowest BCUT2D eigenvalue weighted by Crippen LogP contribution is -2.49. The predicted molar refractivity (Wildman–Crippen MR) is 106 cm³/mol. The van der Waals surface area contributed by atoms with Gasteiger partial charge in [-0.3, -0.25) is 4.90 Å². The number of piperazine rings is 1. The van der Waals surface area contributed by atoms with Crippen molar-refractivity contribution in [3.05, 3.63) is 65.7 Å². The Morgan fingerprint density at radius 1 is 1.04 bits per heavy atom. The summed E-state index contributed by atoms with van der Waals surface area (Å²) in [6, 6.07) is 12.7. The second-order valence-corrected chi connectivity index (χ2v) is 7.02. The van der Waals surface area contributed by atoms with E-state index >= 15 is 0 Å². The molecule has 0 unspecified atom stereocenters. The molecule has 1 heterocycles. The second-order valence-electron chi connectivity index (χ2n) is 7.02. The third-order valence-electron chi connectivity index (χ3n) is 4.92. The van der Waals surface area contributed by atoms with Gasteiger partial charge in [-0.2, -0.15) is 0 Å². The fourth-order valence-electron chi connectivity index (χ4n) is 3.32. The van der Waals surface area contributed by atoms with Gasteiger partial charge in [0.25, 0.3) is 0 Å². The number of hydrogen-bond donors (Lipinski definition) is 1. The first-order chi connectivity index (χ1) is 13.5. The Morgan fingerprint density at radius 3 is 2.43 bits per heavy atom. The number of carbonyl (C=O) groups excluding carboxylic acids is 1. The minimum absolute atomic E-state index is 0.172. The summed E-state index contributed by atoms with van der Waals surface area (Å²) < 4.78 is 26.3. The first kappa shape index (κ1) is 20.1. The molecule has 0 saturated carbocycles. The number of hydrogen-bond acceptors (Lipinski definition) is 3. The fraction of sp³-hybridized carbons (Fsp3) is 0.381. The third kappa shape index (κ3) is 5.66. The van der Waals surface area contributed by atoms with E-state index in [4.69, 9.17) is 0 Å². The number of anilines is 1. The fourth-order valence-corrected chi connectivity index (χ4v) is 3.32. The van der Waals surface area contributed by atoms with Crippen molar-refractivity contribution in [2.45, 2.75) is 6.54 Å². The molecular formula is C21H26F2N4O. The molecule has 7 heteroatoms. The second kappa shape index (κ2) is 9.50. The molecule has 150 valence electrons. The molecule has 1 aliphatic heterocycles. The van der Waals surface area contributed by atoms with Crippen LogP contribution in [0.5, 0.6) is 0 Å². The number of urea groups is 1. The maximum Gasteiger partial charge on any atom is 0.317 e. The van der Waals surface area contributed by atoms with Crippen LogP contribution in [0.15, 0.2) is 48.5 Å². The molecule has 1 N–H and O–H groups in total. The quantitative estimate of drug-likeness (QED) is 0.827. The van der Waals surface area contributed by atoms with Gasteiger partial charge in [-0.25, -0.2) is 13.6 Å². The van der Waals surface area contributed by atoms with Crippen LogP contribution in [-0.4, -0.2) is 62.1 Å². The van der Waals surface area contributed by atoms with Crippen molar-refractivity contribution in [1.82, 2.24) is 15.1 Å². The molecule has 0 atom stereocenters. The zero-order chi connectivity index (χ0) is 19.9. The SMILES string of the molecule is CN(Cc1cccc(F)c1)C(=O)NCCN1CCN(c2ccc(F)cc2)CC1. The third-order valence-corrected chi connectivity index (χ3v) is 4.92. The lowest BCUT2D eigenvalue weighted by Gasteiger charge is -2.36. The number of halogens is 2. The zero-order valence-electron chi connectivity index (χ0n) is 16.1. The molecule has 0 aromatic heterocycles. The predicted octanol–water partition coefficient (Wildman–Crippen LogP) is 2.93. The van der Waals surface area contributed by atoms with Gasteiger partial charge in [0, 0.05) is 58.5 Å². The highest BCUT2D eigenvalue weighted by molar-refractivity contribution is 5.73. The minimum atomic E-state index is -0.300. The number of nitrogens with one attached hydrogen (secondary N) is 1. The zero-order valence-corrected chi connectivity index (χ0v) is 16.1. The van der Waals surface area contributed by atoms with Gasteiger partial charge in [-0.15, -0.1) is 0 Å². The Balaban J connectivity index is 1.36. The summed E-state index contributed by atoms with van der Waals surface area (Å²) in [4.78, 5) is 18.3. The Kier molecular flexibility index (Phi) is 6.81. The van der Waals surface area contributed by atoms with E-state index in [1.54, 1.807) is 36.2 Å². The van der Waals surface area contributed by atoms with Gasteiger partial charge in [0.1, 0.15) is 11.6 Å². The molecule has 2 amide bonds. The van der Waals surface area contributed by atoms with Crippen molar-refractivity contribution in [2.24, 2.45) is 0 Å². The van der Waals surface area contributed by atoms with Crippen LogP contribution in [0.25, 0.3) is 0 Å². The van der Waals surface area contributed by atoms with Crippen molar-refractivity contribution in [3.8, 4) is 0 Å². The van der Waals surface area contributed by atoms with E-state index in [0.717, 1.165) is 44.0 Å². The molecule has 0 aliphatic carbocycles. The minimum Gasteiger partial charge on any atom is -0.369 e. The van der Waals surface area contributed by atoms with E-state index in [1.807, 2.05) is 0 Å². The van der Waals surface area contributed by atoms with Gasteiger partial charge in [0.05, 0.1) is 0 Å². The molecule has 1 aliphatic rings. The number of carbonyl (C=O) groups is 1. The Morgan fingerprint density at radius 2 is 1.75 bits per heavy atom. The van der Waals surface area contributed by atoms with E-state index in [0.29, 0.717) is 13.1 Å². The molecular weight excluding hydrogens is 362 g/mol. The lowest BCUT2D eigenvalue weighted by molar-refractivity contribution is 0.202. The van der Waals surface area contributed by atoms with Crippen LogP contribution in [0.2, 0.25) is 0 Å². The molecule has 5 nitrogen and oxygen atoms in total. The Bertz CT molecular complexity index is 776. The van der Waals surface area contributed by atoms with Crippen LogP contribution < -0.4 is 10.2 Å². The monoisotopic (exact) mass is 388 g/mol. The molecule has 2 aromatic rings. The standard InChI is InChI=1S/C21H26F2N4O/c1-25(16-17-3-2-4-19(23)15-17)21(28)24-9-10-26-11-13-27(14-12-26)20-7-5-18(22)6-8-20/h2-8,15H,9-14,16H2,1H3,(H,24,28). The lowest BCUT2D eigenvalue weighted by atomic mass is 10.2. The molecule has 28 heavy (non-hydrogen) atoms. The van der Waals surface area contributed by atoms with Crippen LogP contribution in [0.4, 0.5) is 19.3 Å². The smallest absolute Gasteiger partial charge is 0.317 e. The van der Waals surface area contributed by atoms with E-state index in [9.17, 15) is 13.6 Å². The molecule has 1 saturated heterocycles. The molecule has 0 bridgehead atoms. The maximum atomic E-state index is 13.2. The van der Waals surface area contributed by atoms with Crippen molar-refractivity contribution in [1.29, 1.82) is 0 Å². The summed E-state index contributed by atoms with van der Waals surface area (Å²) in [7, 11) is 1.70. The summed E-state index contributed by atoms with van der Waals surface area (Å²) >= 11 is 0. The van der Waals surface area contributed by atoms with Gasteiger partial charge in [0.15, 0.2) is 0 Å². The van der Waals surface area contributed by atoms with Gasteiger partial charge < -0.3 is 15.1 Å². The van der Waals surface area contributed by atoms with Crippen molar-refractivity contribution < 1.29 is 13.6 Å². The van der Waals surface area contributed by atoms with Crippen LogP contribution in [0, 0.1) is 11.6 Å². The van der Waals surface area contributed by atoms with Gasteiger partial charge in [-0.05, 0) is 42.0 Å². The molecule has 0 spiro atoms. The van der Waals surface area contributed by atoms with Crippen LogP contribution in [0.1, 0.15) is 5.56 Å². The van der Waals surface area contributed by atoms with Crippen LogP contribution in [-0.2, 0) is 6.54 Å². The van der Waals surface area contributed by atoms with Crippen LogP contribution in [0.3, 0.4) is 0 Å². The van der Waals surface area contributed by atoms with E-state index < -0.39 is 0 Å². The number of rotatable bonds is 6. The summed E-state index contributed by atoms with van der Waals surface area (Å²) in [6.45, 7) is 5.23. The normalized spacial score (nSPS) is 14.8. The van der Waals surface area contributed by atoms with Gasteiger partial charge in [0.2, 0.25) is 0 Å². The summed E-state index contributed by atoms with van der Waals surface area (Å²) in [5.74, 6) is -0.522. The van der Waals surface area contributed by atoms with Gasteiger partial charge >= 0.3 is 6.03 Å². The van der Waals surface area contributed by atoms with E-state index in [1.165, 1.54) is 24.3 Å². The first-order valence-corrected chi connectivity index (χ1v) is 9.47. The Labute approximate surface area is 164 Å². The molecule has 3 rings (SSSR count). The maximum absolute atomic E-state index is 13.2. The summed E-state index contributed by atoms with van der Waals surface area (Å²) in [5, 5.41) is 2.91. The highest BCUT2D eigenvalue weighted by Gasteiger charge is 2.17. The summed E-state index contributed by atoms with van der Waals surface area (Å²) in [5.41, 5.74) is 1.79. The Hall–Kier alpha value is -2.67. The van der Waals surface area contributed by atoms with E-state index in [2.05, 4.69) is 15.1 Å².